The van der Waals surface area contributed by atoms with Crippen LogP contribution in [0.2, 0.25) is 0 Å². The molecule has 0 aliphatic rings. The van der Waals surface area contributed by atoms with Gasteiger partial charge in [0.2, 0.25) is 5.88 Å². The molecule has 4 aromatic carbocycles. The second-order valence-corrected chi connectivity index (χ2v) is 13.5. The van der Waals surface area contributed by atoms with E-state index in [-0.39, 0.29) is 31.9 Å². The van der Waals surface area contributed by atoms with Crippen LogP contribution in [0.1, 0.15) is 52.7 Å². The minimum Gasteiger partial charge on any atom is -0.459 e. The molecule has 0 spiro atoms. The van der Waals surface area contributed by atoms with E-state index in [2.05, 4.69) is 130 Å². The van der Waals surface area contributed by atoms with Crippen molar-refractivity contribution in [2.24, 2.45) is 0 Å². The molecule has 0 saturated heterocycles. The van der Waals surface area contributed by atoms with Gasteiger partial charge in [-0.1, -0.05) is 89.4 Å². The summed E-state index contributed by atoms with van der Waals surface area (Å²) in [7, 11) is 0. The Balaban J connectivity index is 0.00000357. The molecule has 0 amide bonds. The van der Waals surface area contributed by atoms with Crippen LogP contribution in [0.25, 0.3) is 49.5 Å². The van der Waals surface area contributed by atoms with Crippen molar-refractivity contribution in [1.82, 2.24) is 14.5 Å². The molecule has 0 N–H and O–H groups in total. The third kappa shape index (κ3) is 5.80. The minimum absolute atomic E-state index is 0. The van der Waals surface area contributed by atoms with Crippen molar-refractivity contribution >= 4 is 32.6 Å². The topological polar surface area (TPSA) is 39.9 Å². The quantitative estimate of drug-likeness (QED) is 0.168. The molecule has 0 aliphatic carbocycles. The zero-order chi connectivity index (χ0) is 30.6. The average molecular weight is 769 g/mol. The first-order valence-corrected chi connectivity index (χ1v) is 15.1. The maximum Gasteiger partial charge on any atom is 2.00 e. The summed E-state index contributed by atoms with van der Waals surface area (Å²) in [5.74, 6) is 2.08. The molecule has 0 aliphatic heterocycles. The maximum atomic E-state index is 6.47. The van der Waals surface area contributed by atoms with Crippen molar-refractivity contribution in [3.05, 3.63) is 127 Å². The van der Waals surface area contributed by atoms with Gasteiger partial charge in [-0.25, -0.2) is 21.1 Å². The SMILES string of the molecule is CC(C)(C)c1cc(Oc2nccc3ccccc23)[c-]c(-c2[c-]c3c(cc2)c2ccccc2n3-c2cc(C(C)(C)C)ccn2)c1.[Pt+2]. The van der Waals surface area contributed by atoms with Gasteiger partial charge >= 0.3 is 21.1 Å². The largest absolute Gasteiger partial charge is 2.00 e. The van der Waals surface area contributed by atoms with E-state index in [4.69, 9.17) is 9.72 Å². The molecule has 226 valence electrons. The van der Waals surface area contributed by atoms with Crippen molar-refractivity contribution in [3.8, 4) is 28.6 Å². The Hall–Kier alpha value is -4.27. The van der Waals surface area contributed by atoms with Crippen molar-refractivity contribution in [2.75, 3.05) is 0 Å². The summed E-state index contributed by atoms with van der Waals surface area (Å²) >= 11 is 0. The predicted octanol–water partition coefficient (Wildman–Crippen LogP) is 10.4. The number of aromatic nitrogens is 3. The molecule has 3 heterocycles. The van der Waals surface area contributed by atoms with E-state index < -0.39 is 0 Å². The van der Waals surface area contributed by atoms with E-state index in [0.29, 0.717) is 11.6 Å². The molecule has 0 fully saturated rings. The smallest absolute Gasteiger partial charge is 0.459 e. The number of nitrogens with zero attached hydrogens (tertiary/aromatic N) is 3. The molecule has 45 heavy (non-hydrogen) atoms. The first kappa shape index (κ1) is 30.7. The Kier molecular flexibility index (Phi) is 7.91. The summed E-state index contributed by atoms with van der Waals surface area (Å²) in [4.78, 5) is 9.41. The summed E-state index contributed by atoms with van der Waals surface area (Å²) < 4.78 is 8.70. The van der Waals surface area contributed by atoms with Crippen LogP contribution in [-0.2, 0) is 31.9 Å². The van der Waals surface area contributed by atoms with E-state index in [1.807, 2.05) is 30.5 Å². The summed E-state index contributed by atoms with van der Waals surface area (Å²) in [6.07, 6.45) is 3.70. The van der Waals surface area contributed by atoms with E-state index in [1.54, 1.807) is 6.20 Å². The first-order chi connectivity index (χ1) is 21.1. The third-order valence-corrected chi connectivity index (χ3v) is 8.27. The Morgan fingerprint density at radius 3 is 2.11 bits per heavy atom. The molecule has 7 aromatic rings. The fourth-order valence-corrected chi connectivity index (χ4v) is 5.75. The molecule has 3 aromatic heterocycles. The number of hydrogen-bond donors (Lipinski definition) is 0. The number of para-hydroxylation sites is 1. The number of benzene rings is 4. The van der Waals surface area contributed by atoms with Gasteiger partial charge < -0.3 is 9.30 Å². The van der Waals surface area contributed by atoms with Crippen LogP contribution in [0.5, 0.6) is 11.6 Å². The summed E-state index contributed by atoms with van der Waals surface area (Å²) in [6, 6.07) is 38.9. The summed E-state index contributed by atoms with van der Waals surface area (Å²) in [5.41, 5.74) is 6.23. The van der Waals surface area contributed by atoms with Gasteiger partial charge in [0.1, 0.15) is 5.82 Å². The molecule has 0 saturated carbocycles. The van der Waals surface area contributed by atoms with Crippen molar-refractivity contribution < 1.29 is 25.8 Å². The monoisotopic (exact) mass is 768 g/mol. The summed E-state index contributed by atoms with van der Waals surface area (Å²) in [6.45, 7) is 13.3. The van der Waals surface area contributed by atoms with Gasteiger partial charge in [0, 0.05) is 29.0 Å². The third-order valence-electron chi connectivity index (χ3n) is 8.27. The van der Waals surface area contributed by atoms with E-state index >= 15 is 0 Å². The molecule has 0 bridgehead atoms. The van der Waals surface area contributed by atoms with Crippen molar-refractivity contribution in [2.45, 2.75) is 52.4 Å². The number of hydrogen-bond acceptors (Lipinski definition) is 3. The fraction of sp³-hybridized carbons (Fsp3) is 0.200. The Morgan fingerprint density at radius 1 is 0.622 bits per heavy atom. The van der Waals surface area contributed by atoms with Crippen molar-refractivity contribution in [1.29, 1.82) is 0 Å². The van der Waals surface area contributed by atoms with Gasteiger partial charge in [-0.05, 0) is 63.0 Å². The number of fused-ring (bicyclic) bond motifs is 4. The first-order valence-electron chi connectivity index (χ1n) is 15.1. The molecular formula is C40H35N3OPt. The van der Waals surface area contributed by atoms with Gasteiger partial charge in [0.15, 0.2) is 0 Å². The van der Waals surface area contributed by atoms with Gasteiger partial charge in [-0.15, -0.1) is 17.7 Å². The average Bonchev–Trinajstić information content (AvgIpc) is 3.34. The van der Waals surface area contributed by atoms with E-state index in [9.17, 15) is 0 Å². The standard InChI is InChI=1S/C40H35N3O.Pt/c1-39(2,3)29-18-20-41-37(25-29)43-35-14-10-9-13-33(35)34-16-15-27(23-36(34)43)28-21-30(40(4,5)6)24-31(22-28)44-38-32-12-8-7-11-26(32)17-19-42-38;/h7-21,24-25H,1-6H3;/q-2;+2. The molecule has 7 rings (SSSR count). The van der Waals surface area contributed by atoms with Crippen LogP contribution in [0.3, 0.4) is 0 Å². The Morgan fingerprint density at radius 2 is 1.33 bits per heavy atom. The second-order valence-electron chi connectivity index (χ2n) is 13.5. The molecule has 0 radical (unpaired) electrons. The maximum absolute atomic E-state index is 6.47. The van der Waals surface area contributed by atoms with Crippen LogP contribution in [0.15, 0.2) is 103 Å². The van der Waals surface area contributed by atoms with Crippen LogP contribution in [-0.4, -0.2) is 14.5 Å². The fourth-order valence-electron chi connectivity index (χ4n) is 5.75. The Labute approximate surface area is 279 Å². The van der Waals surface area contributed by atoms with Crippen LogP contribution < -0.4 is 4.74 Å². The molecule has 5 heteroatoms. The van der Waals surface area contributed by atoms with Crippen LogP contribution in [0, 0.1) is 12.1 Å². The van der Waals surface area contributed by atoms with Gasteiger partial charge in [0.05, 0.1) is 0 Å². The zero-order valence-electron chi connectivity index (χ0n) is 26.4. The number of ether oxygens (including phenoxy) is 1. The number of pyridine rings is 2. The second kappa shape index (κ2) is 11.6. The van der Waals surface area contributed by atoms with Gasteiger partial charge in [0.25, 0.3) is 0 Å². The molecule has 0 unspecified atom stereocenters. The molecular weight excluding hydrogens is 734 g/mol. The number of rotatable bonds is 4. The molecule has 0 atom stereocenters. The van der Waals surface area contributed by atoms with Gasteiger partial charge in [-0.2, -0.15) is 18.2 Å². The molecule has 4 nitrogen and oxygen atoms in total. The van der Waals surface area contributed by atoms with E-state index in [1.165, 1.54) is 10.9 Å². The Bertz CT molecular complexity index is 2180. The van der Waals surface area contributed by atoms with Crippen LogP contribution in [0.4, 0.5) is 0 Å². The van der Waals surface area contributed by atoms with Crippen LogP contribution >= 0.6 is 0 Å². The van der Waals surface area contributed by atoms with Crippen molar-refractivity contribution in [3.63, 3.8) is 0 Å². The van der Waals surface area contributed by atoms with E-state index in [0.717, 1.165) is 49.7 Å². The normalized spacial score (nSPS) is 12.0. The predicted molar refractivity (Wildman–Crippen MR) is 181 cm³/mol. The zero-order valence-corrected chi connectivity index (χ0v) is 28.7. The van der Waals surface area contributed by atoms with Gasteiger partial charge in [-0.3, -0.25) is 0 Å². The summed E-state index contributed by atoms with van der Waals surface area (Å²) in [5, 5.41) is 4.36. The minimum atomic E-state index is -0.107.